The molecule has 0 unspecified atom stereocenters. The van der Waals surface area contributed by atoms with Gasteiger partial charge in [-0.05, 0) is 48.5 Å². The Labute approximate surface area is 150 Å². The molecule has 0 bridgehead atoms. The lowest BCUT2D eigenvalue weighted by molar-refractivity contribution is 0.343. The zero-order chi connectivity index (χ0) is 17.5. The standard InChI is InChI=1S/C19H18FNO3S/c1-22-17-6-2-14(3-7-17)19-21-16(12-24-19)13-25-11-10-23-18-8-4-15(20)5-9-18/h2-9,12H,10-11,13H2,1H3. The maximum Gasteiger partial charge on any atom is 0.226 e. The molecule has 3 rings (SSSR count). The van der Waals surface area contributed by atoms with Crippen molar-refractivity contribution in [3.63, 3.8) is 0 Å². The molecule has 2 aromatic carbocycles. The van der Waals surface area contributed by atoms with E-state index in [9.17, 15) is 4.39 Å². The van der Waals surface area contributed by atoms with Crippen LogP contribution in [0.3, 0.4) is 0 Å². The van der Waals surface area contributed by atoms with Crippen LogP contribution in [-0.4, -0.2) is 24.5 Å². The Morgan fingerprint density at radius 1 is 1.04 bits per heavy atom. The summed E-state index contributed by atoms with van der Waals surface area (Å²) in [5.41, 5.74) is 1.80. The normalized spacial score (nSPS) is 10.6. The molecule has 0 saturated heterocycles. The summed E-state index contributed by atoms with van der Waals surface area (Å²) >= 11 is 1.70. The van der Waals surface area contributed by atoms with Crippen LogP contribution in [0.25, 0.3) is 11.5 Å². The largest absolute Gasteiger partial charge is 0.497 e. The van der Waals surface area contributed by atoms with E-state index >= 15 is 0 Å². The van der Waals surface area contributed by atoms with Crippen molar-refractivity contribution in [3.8, 4) is 23.0 Å². The van der Waals surface area contributed by atoms with Gasteiger partial charge in [0.2, 0.25) is 5.89 Å². The number of oxazole rings is 1. The Balaban J connectivity index is 1.43. The second-order valence-electron chi connectivity index (χ2n) is 5.23. The Hall–Kier alpha value is -2.47. The second-order valence-corrected chi connectivity index (χ2v) is 6.33. The van der Waals surface area contributed by atoms with Gasteiger partial charge in [0.05, 0.1) is 19.4 Å². The molecular weight excluding hydrogens is 341 g/mol. The van der Waals surface area contributed by atoms with Crippen molar-refractivity contribution in [2.24, 2.45) is 0 Å². The SMILES string of the molecule is COc1ccc(-c2nc(CSCCOc3ccc(F)cc3)co2)cc1. The number of halogens is 1. The monoisotopic (exact) mass is 359 g/mol. The van der Waals surface area contributed by atoms with Crippen LogP contribution < -0.4 is 9.47 Å². The van der Waals surface area contributed by atoms with Crippen molar-refractivity contribution in [1.29, 1.82) is 0 Å². The van der Waals surface area contributed by atoms with Crippen LogP contribution in [0.2, 0.25) is 0 Å². The predicted molar refractivity (Wildman–Crippen MR) is 96.5 cm³/mol. The molecule has 0 radical (unpaired) electrons. The molecule has 0 fully saturated rings. The summed E-state index contributed by atoms with van der Waals surface area (Å²) in [7, 11) is 1.63. The molecule has 130 valence electrons. The van der Waals surface area contributed by atoms with Crippen molar-refractivity contribution in [3.05, 3.63) is 66.3 Å². The lowest BCUT2D eigenvalue weighted by Gasteiger charge is -2.05. The summed E-state index contributed by atoms with van der Waals surface area (Å²) in [5.74, 6) is 3.35. The molecule has 0 aliphatic rings. The Bertz CT molecular complexity index is 787. The van der Waals surface area contributed by atoms with Crippen LogP contribution >= 0.6 is 11.8 Å². The lowest BCUT2D eigenvalue weighted by atomic mass is 10.2. The van der Waals surface area contributed by atoms with Crippen LogP contribution in [0.5, 0.6) is 11.5 Å². The highest BCUT2D eigenvalue weighted by atomic mass is 32.2. The van der Waals surface area contributed by atoms with E-state index in [1.807, 2.05) is 24.3 Å². The molecule has 1 aromatic heterocycles. The minimum absolute atomic E-state index is 0.263. The number of hydrogen-bond acceptors (Lipinski definition) is 5. The minimum atomic E-state index is -0.263. The van der Waals surface area contributed by atoms with Gasteiger partial charge in [0.1, 0.15) is 23.6 Å². The van der Waals surface area contributed by atoms with E-state index < -0.39 is 0 Å². The van der Waals surface area contributed by atoms with Gasteiger partial charge < -0.3 is 13.9 Å². The fourth-order valence-electron chi connectivity index (χ4n) is 2.17. The molecule has 6 heteroatoms. The highest BCUT2D eigenvalue weighted by Crippen LogP contribution is 2.23. The Morgan fingerprint density at radius 3 is 2.48 bits per heavy atom. The van der Waals surface area contributed by atoms with Crippen LogP contribution in [0, 0.1) is 5.82 Å². The highest BCUT2D eigenvalue weighted by Gasteiger charge is 2.07. The van der Waals surface area contributed by atoms with Crippen LogP contribution in [-0.2, 0) is 5.75 Å². The van der Waals surface area contributed by atoms with Gasteiger partial charge in [-0.1, -0.05) is 0 Å². The number of ether oxygens (including phenoxy) is 2. The molecule has 1 heterocycles. The van der Waals surface area contributed by atoms with Crippen molar-refractivity contribution in [2.45, 2.75) is 5.75 Å². The van der Waals surface area contributed by atoms with Gasteiger partial charge >= 0.3 is 0 Å². The smallest absolute Gasteiger partial charge is 0.226 e. The van der Waals surface area contributed by atoms with Gasteiger partial charge in [0, 0.05) is 17.1 Å². The summed E-state index contributed by atoms with van der Waals surface area (Å²) in [6.45, 7) is 0.555. The average Bonchev–Trinajstić information content (AvgIpc) is 3.12. The first kappa shape index (κ1) is 17.4. The van der Waals surface area contributed by atoms with Crippen molar-refractivity contribution >= 4 is 11.8 Å². The first-order valence-electron chi connectivity index (χ1n) is 7.79. The van der Waals surface area contributed by atoms with Gasteiger partial charge in [-0.15, -0.1) is 0 Å². The molecule has 3 aromatic rings. The van der Waals surface area contributed by atoms with Crippen LogP contribution in [0.1, 0.15) is 5.69 Å². The van der Waals surface area contributed by atoms with E-state index in [1.165, 1.54) is 12.1 Å². The lowest BCUT2D eigenvalue weighted by Crippen LogP contribution is -2.00. The summed E-state index contributed by atoms with van der Waals surface area (Å²) in [4.78, 5) is 4.49. The fourth-order valence-corrected chi connectivity index (χ4v) is 2.85. The average molecular weight is 359 g/mol. The number of aromatic nitrogens is 1. The molecule has 0 aliphatic heterocycles. The molecule has 0 spiro atoms. The van der Waals surface area contributed by atoms with Crippen LogP contribution in [0.15, 0.2) is 59.2 Å². The van der Waals surface area contributed by atoms with E-state index in [0.717, 1.165) is 28.5 Å². The molecule has 25 heavy (non-hydrogen) atoms. The first-order chi connectivity index (χ1) is 12.2. The predicted octanol–water partition coefficient (Wildman–Crippen LogP) is 4.80. The number of methoxy groups -OCH3 is 1. The van der Waals surface area contributed by atoms with Crippen LogP contribution in [0.4, 0.5) is 4.39 Å². The van der Waals surface area contributed by atoms with Gasteiger partial charge in [0.15, 0.2) is 0 Å². The molecule has 0 N–H and O–H groups in total. The Kier molecular flexibility index (Phi) is 5.95. The maximum atomic E-state index is 12.8. The van der Waals surface area contributed by atoms with Crippen molar-refractivity contribution in [2.75, 3.05) is 19.5 Å². The van der Waals surface area contributed by atoms with Gasteiger partial charge in [0.25, 0.3) is 0 Å². The third kappa shape index (κ3) is 5.00. The number of benzene rings is 2. The zero-order valence-electron chi connectivity index (χ0n) is 13.8. The van der Waals surface area contributed by atoms with E-state index in [0.29, 0.717) is 18.2 Å². The summed E-state index contributed by atoms with van der Waals surface area (Å²) < 4.78 is 29.0. The van der Waals surface area contributed by atoms with Gasteiger partial charge in [-0.25, -0.2) is 9.37 Å². The molecular formula is C19H18FNO3S. The quantitative estimate of drug-likeness (QED) is 0.541. The fraction of sp³-hybridized carbons (Fsp3) is 0.211. The first-order valence-corrected chi connectivity index (χ1v) is 8.95. The van der Waals surface area contributed by atoms with E-state index in [1.54, 1.807) is 37.3 Å². The minimum Gasteiger partial charge on any atom is -0.497 e. The summed E-state index contributed by atoms with van der Waals surface area (Å²) in [6.07, 6.45) is 1.67. The third-order valence-electron chi connectivity index (χ3n) is 3.45. The molecule has 0 saturated carbocycles. The molecule has 0 aliphatic carbocycles. The highest BCUT2D eigenvalue weighted by molar-refractivity contribution is 7.98. The number of hydrogen-bond donors (Lipinski definition) is 0. The van der Waals surface area contributed by atoms with Crippen molar-refractivity contribution in [1.82, 2.24) is 4.98 Å². The molecule has 0 atom stereocenters. The second kappa shape index (κ2) is 8.58. The summed E-state index contributed by atoms with van der Waals surface area (Å²) in [5, 5.41) is 0. The van der Waals surface area contributed by atoms with Gasteiger partial charge in [-0.2, -0.15) is 11.8 Å². The number of thioether (sulfide) groups is 1. The van der Waals surface area contributed by atoms with E-state index in [-0.39, 0.29) is 5.82 Å². The number of rotatable bonds is 8. The van der Waals surface area contributed by atoms with Crippen molar-refractivity contribution < 1.29 is 18.3 Å². The van der Waals surface area contributed by atoms with E-state index in [4.69, 9.17) is 13.9 Å². The molecule has 4 nitrogen and oxygen atoms in total. The van der Waals surface area contributed by atoms with E-state index in [2.05, 4.69) is 4.98 Å². The number of nitrogens with zero attached hydrogens (tertiary/aromatic N) is 1. The Morgan fingerprint density at radius 2 is 1.76 bits per heavy atom. The zero-order valence-corrected chi connectivity index (χ0v) is 14.6. The topological polar surface area (TPSA) is 44.5 Å². The molecule has 0 amide bonds. The maximum absolute atomic E-state index is 12.8. The third-order valence-corrected chi connectivity index (χ3v) is 4.40. The summed E-state index contributed by atoms with van der Waals surface area (Å²) in [6, 6.07) is 13.6. The van der Waals surface area contributed by atoms with Gasteiger partial charge in [-0.3, -0.25) is 0 Å².